The van der Waals surface area contributed by atoms with Gasteiger partial charge in [-0.15, -0.1) is 0 Å². The summed E-state index contributed by atoms with van der Waals surface area (Å²) in [5, 5.41) is 0. The standard InChI is InChI=1S/C10H12N2O/c11-12-9-7-2-5-1-6(4-7)8(3-5)10(9)13/h5-8H,1-4H2/t5-,6+,7+,8+/m0/s1. The van der Waals surface area contributed by atoms with Gasteiger partial charge in [0, 0.05) is 5.92 Å². The molecule has 0 heterocycles. The Hall–Kier alpha value is -0.950. The average Bonchev–Trinajstić information content (AvgIpc) is 2.36. The number of ketones is 1. The van der Waals surface area contributed by atoms with Gasteiger partial charge in [0.2, 0.25) is 5.78 Å². The molecule has 0 spiro atoms. The first-order valence-electron chi connectivity index (χ1n) is 5.05. The highest BCUT2D eigenvalue weighted by atomic mass is 16.1. The first-order chi connectivity index (χ1) is 6.29. The van der Waals surface area contributed by atoms with E-state index in [0.717, 1.165) is 25.2 Å². The van der Waals surface area contributed by atoms with Gasteiger partial charge in [-0.1, -0.05) is 0 Å². The third kappa shape index (κ3) is 0.829. The van der Waals surface area contributed by atoms with Gasteiger partial charge in [0.1, 0.15) is 0 Å². The lowest BCUT2D eigenvalue weighted by Crippen LogP contribution is -2.39. The molecule has 3 nitrogen and oxygen atoms in total. The fourth-order valence-corrected chi connectivity index (χ4v) is 3.62. The number of hydrogen-bond donors (Lipinski definition) is 0. The fourth-order valence-electron chi connectivity index (χ4n) is 3.62. The van der Waals surface area contributed by atoms with E-state index in [4.69, 9.17) is 5.53 Å². The number of rotatable bonds is 0. The monoisotopic (exact) mass is 176 g/mol. The van der Waals surface area contributed by atoms with Crippen molar-refractivity contribution in [2.75, 3.05) is 0 Å². The molecule has 0 unspecified atom stereocenters. The molecule has 3 heteroatoms. The van der Waals surface area contributed by atoms with Gasteiger partial charge in [-0.2, -0.15) is 4.79 Å². The van der Waals surface area contributed by atoms with Crippen molar-refractivity contribution in [2.24, 2.45) is 23.7 Å². The van der Waals surface area contributed by atoms with E-state index >= 15 is 0 Å². The Balaban J connectivity index is 2.10. The number of carbonyl (C=O) groups excluding carboxylic acids is 1. The Bertz CT molecular complexity index is 328. The second-order valence-electron chi connectivity index (χ2n) is 4.72. The fraction of sp³-hybridized carbons (Fsp3) is 0.800. The number of hydrogen-bond acceptors (Lipinski definition) is 1. The van der Waals surface area contributed by atoms with Crippen molar-refractivity contribution in [3.05, 3.63) is 5.53 Å². The third-order valence-corrected chi connectivity index (χ3v) is 4.08. The number of fused-ring (bicyclic) bond motifs is 2. The summed E-state index contributed by atoms with van der Waals surface area (Å²) in [5.74, 6) is 1.97. The summed E-state index contributed by atoms with van der Waals surface area (Å²) in [6.07, 6.45) is 4.47. The van der Waals surface area contributed by atoms with Crippen molar-refractivity contribution in [2.45, 2.75) is 25.7 Å². The summed E-state index contributed by atoms with van der Waals surface area (Å²) in [6.45, 7) is 0. The second kappa shape index (κ2) is 2.30. The molecule has 3 bridgehead atoms. The van der Waals surface area contributed by atoms with Crippen LogP contribution in [-0.4, -0.2) is 16.3 Å². The van der Waals surface area contributed by atoms with E-state index in [-0.39, 0.29) is 17.6 Å². The van der Waals surface area contributed by atoms with E-state index in [2.05, 4.69) is 4.79 Å². The van der Waals surface area contributed by atoms with E-state index in [9.17, 15) is 4.79 Å². The van der Waals surface area contributed by atoms with Gasteiger partial charge >= 0.3 is 5.71 Å². The molecule has 0 aliphatic heterocycles. The van der Waals surface area contributed by atoms with Gasteiger partial charge in [-0.25, -0.2) is 0 Å². The van der Waals surface area contributed by atoms with Crippen LogP contribution in [0.1, 0.15) is 25.7 Å². The largest absolute Gasteiger partial charge is 0.361 e. The van der Waals surface area contributed by atoms with Crippen molar-refractivity contribution >= 4 is 11.5 Å². The maximum atomic E-state index is 11.8. The maximum Gasteiger partial charge on any atom is 0.337 e. The Kier molecular flexibility index (Phi) is 1.32. The summed E-state index contributed by atoms with van der Waals surface area (Å²) in [4.78, 5) is 15.0. The first kappa shape index (κ1) is 7.45. The zero-order chi connectivity index (χ0) is 9.00. The van der Waals surface area contributed by atoms with Crippen molar-refractivity contribution < 1.29 is 9.58 Å². The predicted octanol–water partition coefficient (Wildman–Crippen LogP) is 1.29. The molecular weight excluding hydrogens is 164 g/mol. The van der Waals surface area contributed by atoms with Crippen LogP contribution in [0.3, 0.4) is 0 Å². The lowest BCUT2D eigenvalue weighted by atomic mass is 9.70. The first-order valence-corrected chi connectivity index (χ1v) is 5.05. The molecular formula is C10H12N2O. The topological polar surface area (TPSA) is 53.5 Å². The van der Waals surface area contributed by atoms with E-state index in [1.165, 1.54) is 6.42 Å². The van der Waals surface area contributed by atoms with Crippen molar-refractivity contribution in [1.29, 1.82) is 0 Å². The van der Waals surface area contributed by atoms with Crippen LogP contribution in [0.4, 0.5) is 0 Å². The highest BCUT2D eigenvalue weighted by Crippen LogP contribution is 2.52. The van der Waals surface area contributed by atoms with Gasteiger partial charge in [-0.3, -0.25) is 4.79 Å². The minimum absolute atomic E-state index is 0.142. The van der Waals surface area contributed by atoms with Gasteiger partial charge in [0.05, 0.1) is 5.92 Å². The van der Waals surface area contributed by atoms with Crippen LogP contribution in [0.15, 0.2) is 0 Å². The highest BCUT2D eigenvalue weighted by Gasteiger charge is 2.55. The summed E-state index contributed by atoms with van der Waals surface area (Å²) in [5.41, 5.74) is 9.25. The number of Topliss-reactive ketones (excluding diaryl/α,β-unsaturated/α-hetero) is 1. The zero-order valence-electron chi connectivity index (χ0n) is 7.44. The molecule has 3 saturated carbocycles. The molecule has 4 atom stereocenters. The molecule has 0 N–H and O–H groups in total. The molecule has 68 valence electrons. The van der Waals surface area contributed by atoms with Crippen molar-refractivity contribution in [3.63, 3.8) is 0 Å². The molecule has 0 radical (unpaired) electrons. The molecule has 13 heavy (non-hydrogen) atoms. The third-order valence-electron chi connectivity index (χ3n) is 4.08. The Morgan fingerprint density at radius 1 is 1.23 bits per heavy atom. The smallest absolute Gasteiger partial charge is 0.337 e. The zero-order valence-corrected chi connectivity index (χ0v) is 7.44. The minimum Gasteiger partial charge on any atom is -0.361 e. The van der Waals surface area contributed by atoms with Crippen LogP contribution in [0.25, 0.3) is 5.53 Å². The predicted molar refractivity (Wildman–Crippen MR) is 46.1 cm³/mol. The van der Waals surface area contributed by atoms with Crippen molar-refractivity contribution in [1.82, 2.24) is 0 Å². The minimum atomic E-state index is 0.142. The SMILES string of the molecule is [N-]=[N+]=C1C(=O)[C@@H]2C[C@@H]3C[C@@H]1C[C@H]2C3. The van der Waals surface area contributed by atoms with Crippen LogP contribution in [-0.2, 0) is 4.79 Å². The second-order valence-corrected chi connectivity index (χ2v) is 4.72. The molecule has 0 saturated heterocycles. The van der Waals surface area contributed by atoms with Gasteiger partial charge in [0.25, 0.3) is 0 Å². The summed E-state index contributed by atoms with van der Waals surface area (Å²) in [6, 6.07) is 0. The van der Waals surface area contributed by atoms with Crippen LogP contribution < -0.4 is 0 Å². The van der Waals surface area contributed by atoms with Crippen LogP contribution in [0, 0.1) is 23.7 Å². The van der Waals surface area contributed by atoms with Crippen LogP contribution in [0.2, 0.25) is 0 Å². The maximum absolute atomic E-state index is 11.8. The Morgan fingerprint density at radius 2 is 2.08 bits per heavy atom. The van der Waals surface area contributed by atoms with Crippen LogP contribution >= 0.6 is 0 Å². The normalized spacial score (nSPS) is 46.8. The molecule has 0 aromatic rings. The number of carbonyl (C=O) groups is 1. The van der Waals surface area contributed by atoms with E-state index in [1.807, 2.05) is 0 Å². The Morgan fingerprint density at radius 3 is 2.85 bits per heavy atom. The molecule has 3 aliphatic carbocycles. The summed E-state index contributed by atoms with van der Waals surface area (Å²) >= 11 is 0. The summed E-state index contributed by atoms with van der Waals surface area (Å²) in [7, 11) is 0. The van der Waals surface area contributed by atoms with E-state index in [0.29, 0.717) is 11.6 Å². The van der Waals surface area contributed by atoms with Crippen LogP contribution in [0.5, 0.6) is 0 Å². The average molecular weight is 176 g/mol. The summed E-state index contributed by atoms with van der Waals surface area (Å²) < 4.78 is 0. The van der Waals surface area contributed by atoms with Gasteiger partial charge in [-0.05, 0) is 37.5 Å². The highest BCUT2D eigenvalue weighted by molar-refractivity contribution is 6.39. The lowest BCUT2D eigenvalue weighted by molar-refractivity contribution is -0.124. The number of nitrogens with zero attached hydrogens (tertiary/aromatic N) is 2. The van der Waals surface area contributed by atoms with Gasteiger partial charge < -0.3 is 5.53 Å². The molecule has 3 fully saturated rings. The Labute approximate surface area is 76.8 Å². The molecule has 0 amide bonds. The molecule has 3 aliphatic rings. The lowest BCUT2D eigenvalue weighted by Gasteiger charge is -2.29. The van der Waals surface area contributed by atoms with Crippen molar-refractivity contribution in [3.8, 4) is 0 Å². The van der Waals surface area contributed by atoms with Gasteiger partial charge in [0.15, 0.2) is 0 Å². The molecule has 0 aromatic heterocycles. The quantitative estimate of drug-likeness (QED) is 0.405. The van der Waals surface area contributed by atoms with E-state index < -0.39 is 0 Å². The van der Waals surface area contributed by atoms with E-state index in [1.54, 1.807) is 0 Å². The molecule has 3 rings (SSSR count). The molecule has 0 aromatic carbocycles.